The van der Waals surface area contributed by atoms with Gasteiger partial charge in [-0.05, 0) is 47.7 Å². The van der Waals surface area contributed by atoms with Crippen molar-refractivity contribution in [3.63, 3.8) is 0 Å². The number of allylic oxidation sites excluding steroid dienone is 4. The number of halogens is 1. The predicted molar refractivity (Wildman–Crippen MR) is 152 cm³/mol. The van der Waals surface area contributed by atoms with Gasteiger partial charge in [0.05, 0.1) is 13.1 Å². The van der Waals surface area contributed by atoms with E-state index >= 15 is 0 Å². The van der Waals surface area contributed by atoms with Gasteiger partial charge in [-0.2, -0.15) is 0 Å². The van der Waals surface area contributed by atoms with E-state index in [4.69, 9.17) is 0 Å². The number of nitrogens with zero attached hydrogens (tertiary/aromatic N) is 3. The second kappa shape index (κ2) is 13.0. The average molecular weight is 534 g/mol. The van der Waals surface area contributed by atoms with E-state index in [9.17, 15) is 14.0 Å². The maximum atomic E-state index is 13.6. The predicted octanol–water partition coefficient (Wildman–Crippen LogP) is 3.95. The summed E-state index contributed by atoms with van der Waals surface area (Å²) in [5, 5.41) is 10.00. The Kier molecular flexibility index (Phi) is 9.54. The summed E-state index contributed by atoms with van der Waals surface area (Å²) in [7, 11) is 1.80. The van der Waals surface area contributed by atoms with E-state index < -0.39 is 0 Å². The van der Waals surface area contributed by atoms with Crippen molar-refractivity contribution >= 4 is 11.8 Å². The molecule has 208 valence electrons. The van der Waals surface area contributed by atoms with Crippen LogP contribution < -0.4 is 10.6 Å². The fourth-order valence-electron chi connectivity index (χ4n) is 5.10. The zero-order valence-electron chi connectivity index (χ0n) is 23.4. The summed E-state index contributed by atoms with van der Waals surface area (Å²) in [6.07, 6.45) is 4.77. The molecule has 2 N–H and O–H groups in total. The number of benzene rings is 2. The first kappa shape index (κ1) is 28.5. The Morgan fingerprint density at radius 3 is 2.33 bits per heavy atom. The SMILES string of the molecule is CC1=C(N(CC(=O)NCCNC(C)C)CC(=O)N(C)N2Cc3ccccc3C2)CC(c2ccc(F)cc2)C=C1. The lowest BCUT2D eigenvalue weighted by Crippen LogP contribution is -2.48. The molecular weight excluding hydrogens is 493 g/mol. The third-order valence-corrected chi connectivity index (χ3v) is 7.40. The zero-order chi connectivity index (χ0) is 27.9. The highest BCUT2D eigenvalue weighted by Gasteiger charge is 2.29. The maximum Gasteiger partial charge on any atom is 0.256 e. The molecule has 1 aliphatic heterocycles. The van der Waals surface area contributed by atoms with E-state index in [1.54, 1.807) is 24.2 Å². The molecule has 0 spiro atoms. The molecular formula is C31H40FN5O2. The van der Waals surface area contributed by atoms with Gasteiger partial charge in [0, 0.05) is 50.9 Å². The molecule has 0 saturated carbocycles. The fraction of sp³-hybridized carbons (Fsp3) is 0.419. The molecule has 8 heteroatoms. The number of likely N-dealkylation sites (N-methyl/N-ethyl adjacent to an activating group) is 1. The van der Waals surface area contributed by atoms with Crippen LogP contribution in [0.2, 0.25) is 0 Å². The Morgan fingerprint density at radius 1 is 1.03 bits per heavy atom. The van der Waals surface area contributed by atoms with Crippen LogP contribution in [-0.4, -0.2) is 66.0 Å². The number of fused-ring (bicyclic) bond motifs is 1. The largest absolute Gasteiger partial charge is 0.356 e. The van der Waals surface area contributed by atoms with Gasteiger partial charge in [0.2, 0.25) is 5.91 Å². The van der Waals surface area contributed by atoms with E-state index in [1.165, 1.54) is 23.3 Å². The van der Waals surface area contributed by atoms with Crippen molar-refractivity contribution in [1.29, 1.82) is 0 Å². The van der Waals surface area contributed by atoms with E-state index in [0.717, 1.165) is 16.8 Å². The molecule has 1 heterocycles. The number of carbonyl (C=O) groups excluding carboxylic acids is 2. The van der Waals surface area contributed by atoms with E-state index in [-0.39, 0.29) is 36.6 Å². The lowest BCUT2D eigenvalue weighted by molar-refractivity contribution is -0.147. The minimum absolute atomic E-state index is 0.0333. The molecule has 0 saturated heterocycles. The Morgan fingerprint density at radius 2 is 1.69 bits per heavy atom. The normalized spacial score (nSPS) is 16.9. The van der Waals surface area contributed by atoms with E-state index in [1.807, 2.05) is 35.0 Å². The van der Waals surface area contributed by atoms with Crippen molar-refractivity contribution in [2.24, 2.45) is 0 Å². The number of nitrogens with one attached hydrogen (secondary N) is 2. The van der Waals surface area contributed by atoms with Crippen molar-refractivity contribution in [3.8, 4) is 0 Å². The monoisotopic (exact) mass is 533 g/mol. The summed E-state index contributed by atoms with van der Waals surface area (Å²) in [6.45, 7) is 8.85. The van der Waals surface area contributed by atoms with Gasteiger partial charge in [0.25, 0.3) is 5.91 Å². The van der Waals surface area contributed by atoms with Crippen LogP contribution in [-0.2, 0) is 22.7 Å². The van der Waals surface area contributed by atoms with Crippen molar-refractivity contribution in [2.45, 2.75) is 52.2 Å². The van der Waals surface area contributed by atoms with Crippen LogP contribution in [0.5, 0.6) is 0 Å². The van der Waals surface area contributed by atoms with Gasteiger partial charge in [0.15, 0.2) is 0 Å². The topological polar surface area (TPSA) is 67.9 Å². The number of amides is 2. The van der Waals surface area contributed by atoms with Crippen LogP contribution in [0.3, 0.4) is 0 Å². The fourth-order valence-corrected chi connectivity index (χ4v) is 5.10. The van der Waals surface area contributed by atoms with Gasteiger partial charge < -0.3 is 15.5 Å². The quantitative estimate of drug-likeness (QED) is 0.428. The van der Waals surface area contributed by atoms with Crippen LogP contribution in [0.4, 0.5) is 4.39 Å². The summed E-state index contributed by atoms with van der Waals surface area (Å²) >= 11 is 0. The number of hydrazine groups is 1. The van der Waals surface area contributed by atoms with E-state index in [2.05, 4.69) is 42.7 Å². The smallest absolute Gasteiger partial charge is 0.256 e. The second-order valence-electron chi connectivity index (χ2n) is 10.7. The van der Waals surface area contributed by atoms with Gasteiger partial charge in [-0.25, -0.2) is 9.40 Å². The molecule has 2 aliphatic rings. The highest BCUT2D eigenvalue weighted by molar-refractivity contribution is 5.81. The van der Waals surface area contributed by atoms with Gasteiger partial charge in [-0.1, -0.05) is 62.4 Å². The minimum atomic E-state index is -0.270. The molecule has 4 rings (SSSR count). The molecule has 1 aliphatic carbocycles. The van der Waals surface area contributed by atoms with Crippen molar-refractivity contribution in [1.82, 2.24) is 25.6 Å². The first-order valence-corrected chi connectivity index (χ1v) is 13.7. The molecule has 1 atom stereocenters. The maximum absolute atomic E-state index is 13.6. The van der Waals surface area contributed by atoms with Gasteiger partial charge in [-0.15, -0.1) is 0 Å². The van der Waals surface area contributed by atoms with Crippen LogP contribution in [0.15, 0.2) is 72.0 Å². The number of carbonyl (C=O) groups is 2. The van der Waals surface area contributed by atoms with Gasteiger partial charge in [0.1, 0.15) is 5.82 Å². The Balaban J connectivity index is 1.48. The van der Waals surface area contributed by atoms with Crippen LogP contribution in [0, 0.1) is 5.82 Å². The summed E-state index contributed by atoms with van der Waals surface area (Å²) in [5.41, 5.74) is 5.42. The average Bonchev–Trinajstić information content (AvgIpc) is 3.35. The highest BCUT2D eigenvalue weighted by atomic mass is 19.1. The molecule has 0 aromatic heterocycles. The Labute approximate surface area is 231 Å². The molecule has 2 aromatic carbocycles. The van der Waals surface area contributed by atoms with Crippen LogP contribution in [0.25, 0.3) is 0 Å². The van der Waals surface area contributed by atoms with E-state index in [0.29, 0.717) is 38.6 Å². The lowest BCUT2D eigenvalue weighted by Gasteiger charge is -2.35. The third kappa shape index (κ3) is 7.55. The first-order chi connectivity index (χ1) is 18.7. The molecule has 39 heavy (non-hydrogen) atoms. The molecule has 2 amide bonds. The van der Waals surface area contributed by atoms with Crippen molar-refractivity contribution in [3.05, 3.63) is 94.5 Å². The van der Waals surface area contributed by atoms with Gasteiger partial charge >= 0.3 is 0 Å². The molecule has 0 radical (unpaired) electrons. The third-order valence-electron chi connectivity index (χ3n) is 7.40. The molecule has 0 bridgehead atoms. The minimum Gasteiger partial charge on any atom is -0.356 e. The second-order valence-corrected chi connectivity index (χ2v) is 10.7. The molecule has 0 fully saturated rings. The van der Waals surface area contributed by atoms with Crippen molar-refractivity contribution in [2.75, 3.05) is 33.2 Å². The first-order valence-electron chi connectivity index (χ1n) is 13.7. The lowest BCUT2D eigenvalue weighted by atomic mass is 9.88. The number of rotatable bonds is 11. The van der Waals surface area contributed by atoms with Gasteiger partial charge in [-0.3, -0.25) is 14.6 Å². The van der Waals surface area contributed by atoms with Crippen LogP contribution in [0.1, 0.15) is 49.8 Å². The molecule has 2 aromatic rings. The summed E-state index contributed by atoms with van der Waals surface area (Å²) in [4.78, 5) is 28.5. The summed E-state index contributed by atoms with van der Waals surface area (Å²) in [5.74, 6) is -0.442. The zero-order valence-corrected chi connectivity index (χ0v) is 23.4. The molecule has 1 unspecified atom stereocenters. The standard InChI is InChI=1S/C31H40FN5O2/c1-22(2)33-15-16-34-30(38)20-36(21-31(39)35(4)37-18-26-7-5-6-8-27(26)19-37)29-17-25(10-9-23(29)3)24-11-13-28(32)14-12-24/h5-14,22,25,33H,15-21H2,1-4H3,(H,34,38). The Hall–Kier alpha value is -3.49. The molecule has 7 nitrogen and oxygen atoms in total. The van der Waals surface area contributed by atoms with Crippen LogP contribution >= 0.6 is 0 Å². The highest BCUT2D eigenvalue weighted by Crippen LogP contribution is 2.33. The number of hydrogen-bond donors (Lipinski definition) is 2. The Bertz CT molecular complexity index is 1200. The summed E-state index contributed by atoms with van der Waals surface area (Å²) < 4.78 is 13.5. The summed E-state index contributed by atoms with van der Waals surface area (Å²) in [6, 6.07) is 15.1. The van der Waals surface area contributed by atoms with Crippen molar-refractivity contribution < 1.29 is 14.0 Å². The number of hydrogen-bond acceptors (Lipinski definition) is 5.